The molecule has 2 aromatic rings. The normalized spacial score (nSPS) is 12.1. The Labute approximate surface area is 155 Å². The second-order valence-electron chi connectivity index (χ2n) is 5.87. The molecule has 1 aromatic carbocycles. The lowest BCUT2D eigenvalue weighted by molar-refractivity contribution is -0.139. The van der Waals surface area contributed by atoms with Crippen LogP contribution in [0.25, 0.3) is 0 Å². The average molecular weight is 403 g/mol. The highest BCUT2D eigenvalue weighted by molar-refractivity contribution is 7.89. The molecule has 0 atom stereocenters. The SMILES string of the molecule is Cc1nc(NCCNS(=O)(=O)c2ccccc2C(F)(F)F)cc(N(C)C)n1. The summed E-state index contributed by atoms with van der Waals surface area (Å²) in [4.78, 5) is 9.40. The summed E-state index contributed by atoms with van der Waals surface area (Å²) in [6.07, 6.45) is -4.76. The second kappa shape index (κ2) is 8.09. The van der Waals surface area contributed by atoms with Crippen LogP contribution in [0.15, 0.2) is 35.2 Å². The lowest BCUT2D eigenvalue weighted by Gasteiger charge is -2.15. The predicted octanol–water partition coefficient (Wildman–Crippen LogP) is 2.26. The quantitative estimate of drug-likeness (QED) is 0.690. The number of nitrogens with zero attached hydrogens (tertiary/aromatic N) is 3. The highest BCUT2D eigenvalue weighted by Gasteiger charge is 2.36. The molecule has 1 heterocycles. The Morgan fingerprint density at radius 3 is 2.41 bits per heavy atom. The topological polar surface area (TPSA) is 87.2 Å². The summed E-state index contributed by atoms with van der Waals surface area (Å²) < 4.78 is 65.7. The summed E-state index contributed by atoms with van der Waals surface area (Å²) in [5.41, 5.74) is -1.20. The number of benzene rings is 1. The van der Waals surface area contributed by atoms with Crippen molar-refractivity contribution in [1.29, 1.82) is 0 Å². The monoisotopic (exact) mass is 403 g/mol. The standard InChI is InChI=1S/C16H20F3N5O2S/c1-11-22-14(10-15(23-11)24(2)3)20-8-9-21-27(25,26)13-7-5-4-6-12(13)16(17,18)19/h4-7,10,21H,8-9H2,1-3H3,(H,20,22,23). The number of hydrogen-bond donors (Lipinski definition) is 2. The van der Waals surface area contributed by atoms with Crippen molar-refractivity contribution in [3.05, 3.63) is 41.7 Å². The molecule has 0 spiro atoms. The van der Waals surface area contributed by atoms with E-state index in [1.165, 1.54) is 6.07 Å². The van der Waals surface area contributed by atoms with Crippen LogP contribution in [-0.4, -0.2) is 45.6 Å². The van der Waals surface area contributed by atoms with Gasteiger partial charge in [0.2, 0.25) is 10.0 Å². The van der Waals surface area contributed by atoms with E-state index in [2.05, 4.69) is 20.0 Å². The van der Waals surface area contributed by atoms with E-state index in [-0.39, 0.29) is 13.1 Å². The van der Waals surface area contributed by atoms with Gasteiger partial charge in [-0.3, -0.25) is 0 Å². The molecule has 0 aliphatic carbocycles. The highest BCUT2D eigenvalue weighted by atomic mass is 32.2. The van der Waals surface area contributed by atoms with Gasteiger partial charge >= 0.3 is 6.18 Å². The Morgan fingerprint density at radius 1 is 1.11 bits per heavy atom. The summed E-state index contributed by atoms with van der Waals surface area (Å²) in [7, 11) is -0.675. The van der Waals surface area contributed by atoms with Crippen molar-refractivity contribution in [3.63, 3.8) is 0 Å². The second-order valence-corrected chi connectivity index (χ2v) is 7.61. The number of aryl methyl sites for hydroxylation is 1. The number of sulfonamides is 1. The van der Waals surface area contributed by atoms with Crippen molar-refractivity contribution in [2.24, 2.45) is 0 Å². The first-order chi connectivity index (χ1) is 12.5. The molecule has 0 unspecified atom stereocenters. The molecule has 2 N–H and O–H groups in total. The minimum Gasteiger partial charge on any atom is -0.369 e. The number of rotatable bonds is 7. The van der Waals surface area contributed by atoms with Crippen LogP contribution in [-0.2, 0) is 16.2 Å². The molecule has 27 heavy (non-hydrogen) atoms. The van der Waals surface area contributed by atoms with Crippen molar-refractivity contribution in [3.8, 4) is 0 Å². The van der Waals surface area contributed by atoms with Gasteiger partial charge in [0.15, 0.2) is 0 Å². The summed E-state index contributed by atoms with van der Waals surface area (Å²) >= 11 is 0. The lowest BCUT2D eigenvalue weighted by Crippen LogP contribution is -2.30. The van der Waals surface area contributed by atoms with Crippen LogP contribution in [0.3, 0.4) is 0 Å². The van der Waals surface area contributed by atoms with Gasteiger partial charge in [0, 0.05) is 33.3 Å². The molecule has 7 nitrogen and oxygen atoms in total. The first-order valence-electron chi connectivity index (χ1n) is 7.93. The minimum atomic E-state index is -4.76. The first-order valence-corrected chi connectivity index (χ1v) is 9.42. The maximum absolute atomic E-state index is 13.0. The smallest absolute Gasteiger partial charge is 0.369 e. The van der Waals surface area contributed by atoms with E-state index >= 15 is 0 Å². The number of hydrogen-bond acceptors (Lipinski definition) is 6. The Hall–Kier alpha value is -2.40. The minimum absolute atomic E-state index is 0.116. The number of nitrogens with one attached hydrogen (secondary N) is 2. The number of alkyl halides is 3. The summed E-state index contributed by atoms with van der Waals surface area (Å²) in [5, 5.41) is 2.92. The van der Waals surface area contributed by atoms with E-state index in [4.69, 9.17) is 0 Å². The Morgan fingerprint density at radius 2 is 1.78 bits per heavy atom. The number of halogens is 3. The van der Waals surface area contributed by atoms with Crippen molar-refractivity contribution in [2.75, 3.05) is 37.4 Å². The maximum Gasteiger partial charge on any atom is 0.417 e. The van der Waals surface area contributed by atoms with Gasteiger partial charge in [0.25, 0.3) is 0 Å². The highest BCUT2D eigenvalue weighted by Crippen LogP contribution is 2.33. The zero-order chi connectivity index (χ0) is 20.2. The molecule has 148 valence electrons. The van der Waals surface area contributed by atoms with Crippen molar-refractivity contribution >= 4 is 21.7 Å². The molecule has 1 aromatic heterocycles. The first kappa shape index (κ1) is 20.9. The van der Waals surface area contributed by atoms with Gasteiger partial charge in [0.05, 0.1) is 10.5 Å². The van der Waals surface area contributed by atoms with E-state index in [9.17, 15) is 21.6 Å². The molecule has 0 amide bonds. The Kier molecular flexibility index (Phi) is 6.26. The third-order valence-electron chi connectivity index (χ3n) is 3.49. The Bertz CT molecular complexity index is 901. The van der Waals surface area contributed by atoms with Gasteiger partial charge in [-0.25, -0.2) is 23.1 Å². The fourth-order valence-corrected chi connectivity index (χ4v) is 3.52. The molecule has 11 heteroatoms. The van der Waals surface area contributed by atoms with E-state index in [1.54, 1.807) is 17.9 Å². The van der Waals surface area contributed by atoms with Crippen LogP contribution in [0.2, 0.25) is 0 Å². The summed E-state index contributed by atoms with van der Waals surface area (Å²) in [5.74, 6) is 1.69. The molecule has 0 saturated heterocycles. The van der Waals surface area contributed by atoms with Gasteiger partial charge in [-0.2, -0.15) is 13.2 Å². The molecule has 2 rings (SSSR count). The van der Waals surface area contributed by atoms with E-state index in [1.807, 2.05) is 14.1 Å². The molecule has 0 aliphatic heterocycles. The van der Waals surface area contributed by atoms with Crippen molar-refractivity contribution in [1.82, 2.24) is 14.7 Å². The summed E-state index contributed by atoms with van der Waals surface area (Å²) in [6.45, 7) is 1.74. The molecule has 0 saturated carbocycles. The lowest BCUT2D eigenvalue weighted by atomic mass is 10.2. The van der Waals surface area contributed by atoms with Gasteiger partial charge < -0.3 is 10.2 Å². The van der Waals surface area contributed by atoms with E-state index < -0.39 is 26.7 Å². The fraction of sp³-hybridized carbons (Fsp3) is 0.375. The van der Waals surface area contributed by atoms with Crippen LogP contribution < -0.4 is 14.9 Å². The molecule has 0 fully saturated rings. The van der Waals surface area contributed by atoms with Gasteiger partial charge in [-0.15, -0.1) is 0 Å². The molecular formula is C16H20F3N5O2S. The van der Waals surface area contributed by atoms with E-state index in [0.29, 0.717) is 17.5 Å². The Balaban J connectivity index is 2.04. The molecule has 0 aliphatic rings. The van der Waals surface area contributed by atoms with E-state index in [0.717, 1.165) is 18.2 Å². The fourth-order valence-electron chi connectivity index (χ4n) is 2.26. The van der Waals surface area contributed by atoms with Crippen LogP contribution in [0.5, 0.6) is 0 Å². The summed E-state index contributed by atoms with van der Waals surface area (Å²) in [6, 6.07) is 5.73. The number of aromatic nitrogens is 2. The van der Waals surface area contributed by atoms with Gasteiger partial charge in [-0.05, 0) is 19.1 Å². The van der Waals surface area contributed by atoms with Crippen LogP contribution in [0, 0.1) is 6.92 Å². The average Bonchev–Trinajstić information content (AvgIpc) is 2.57. The third kappa shape index (κ3) is 5.54. The van der Waals surface area contributed by atoms with Gasteiger partial charge in [-0.1, -0.05) is 12.1 Å². The van der Waals surface area contributed by atoms with Crippen LogP contribution >= 0.6 is 0 Å². The van der Waals surface area contributed by atoms with Gasteiger partial charge in [0.1, 0.15) is 17.5 Å². The zero-order valence-electron chi connectivity index (χ0n) is 15.0. The molecule has 0 bridgehead atoms. The maximum atomic E-state index is 13.0. The van der Waals surface area contributed by atoms with Crippen LogP contribution in [0.4, 0.5) is 24.8 Å². The predicted molar refractivity (Wildman–Crippen MR) is 96.2 cm³/mol. The van der Waals surface area contributed by atoms with Crippen molar-refractivity contribution in [2.45, 2.75) is 18.0 Å². The third-order valence-corrected chi connectivity index (χ3v) is 5.01. The van der Waals surface area contributed by atoms with Crippen LogP contribution in [0.1, 0.15) is 11.4 Å². The molecular weight excluding hydrogens is 383 g/mol. The molecule has 0 radical (unpaired) electrons. The number of anilines is 2. The van der Waals surface area contributed by atoms with Crippen molar-refractivity contribution < 1.29 is 21.6 Å². The largest absolute Gasteiger partial charge is 0.417 e. The zero-order valence-corrected chi connectivity index (χ0v) is 15.8.